The summed E-state index contributed by atoms with van der Waals surface area (Å²) in [5.74, 6) is -0.125. The summed E-state index contributed by atoms with van der Waals surface area (Å²) in [6.07, 6.45) is 15.2. The van der Waals surface area contributed by atoms with Crippen LogP contribution in [0.25, 0.3) is 0 Å². The fourth-order valence-corrected chi connectivity index (χ4v) is 4.81. The van der Waals surface area contributed by atoms with Gasteiger partial charge in [0.2, 0.25) is 0 Å². The van der Waals surface area contributed by atoms with Gasteiger partial charge in [-0.2, -0.15) is 0 Å². The van der Waals surface area contributed by atoms with Crippen LogP contribution >= 0.6 is 0 Å². The molecule has 3 atom stereocenters. The molecule has 1 aromatic rings. The highest BCUT2D eigenvalue weighted by Crippen LogP contribution is 2.34. The van der Waals surface area contributed by atoms with Crippen LogP contribution in [0.5, 0.6) is 0 Å². The van der Waals surface area contributed by atoms with Gasteiger partial charge in [0, 0.05) is 18.3 Å². The Morgan fingerprint density at radius 3 is 2.58 bits per heavy atom. The van der Waals surface area contributed by atoms with Crippen LogP contribution in [-0.4, -0.2) is 28.1 Å². The predicted molar refractivity (Wildman–Crippen MR) is 123 cm³/mol. The molecule has 0 fully saturated rings. The number of fused-ring (bicyclic) bond motifs is 1. The first-order chi connectivity index (χ1) is 14.9. The zero-order valence-electron chi connectivity index (χ0n) is 18.4. The molecule has 2 N–H and O–H groups in total. The number of hydrogen-bond donors (Lipinski definition) is 2. The number of allylic oxidation sites excluding steroid dienone is 5. The Bertz CT molecular complexity index is 839. The Balaban J connectivity index is 1.45. The standard InChI is InChI=1S/C27H34O4/c1-19-16-26(29)25(10-4-2-3-5-11-27(30)31)24(19)15-14-23(28)13-12-20-17-21-8-6-7-9-22(21)18-20/h2,4,6-9,14-16,20,23-25,28H,3,5,10-13,17-18H2,1H3,(H,30,31)/t23?,24-,25+/m0/s1. The number of benzene rings is 1. The van der Waals surface area contributed by atoms with Crippen molar-refractivity contribution in [2.75, 3.05) is 0 Å². The van der Waals surface area contributed by atoms with Gasteiger partial charge in [-0.05, 0) is 75.0 Å². The summed E-state index contributed by atoms with van der Waals surface area (Å²) in [6.45, 7) is 1.98. The molecule has 1 unspecified atom stereocenters. The van der Waals surface area contributed by atoms with Gasteiger partial charge in [-0.25, -0.2) is 0 Å². The highest BCUT2D eigenvalue weighted by molar-refractivity contribution is 5.96. The maximum atomic E-state index is 12.4. The van der Waals surface area contributed by atoms with Crippen LogP contribution in [0.1, 0.15) is 56.6 Å². The first kappa shape index (κ1) is 23.2. The maximum absolute atomic E-state index is 12.4. The predicted octanol–water partition coefficient (Wildman–Crippen LogP) is 5.06. The zero-order chi connectivity index (χ0) is 22.2. The Hall–Kier alpha value is -2.46. The first-order valence-corrected chi connectivity index (χ1v) is 11.5. The molecular weight excluding hydrogens is 388 g/mol. The molecule has 0 bridgehead atoms. The quantitative estimate of drug-likeness (QED) is 0.386. The number of aliphatic hydroxyl groups is 1. The average molecular weight is 423 g/mol. The number of carbonyl (C=O) groups excluding carboxylic acids is 1. The van der Waals surface area contributed by atoms with E-state index in [2.05, 4.69) is 24.3 Å². The molecule has 0 radical (unpaired) electrons. The molecule has 2 aliphatic rings. The molecule has 0 aliphatic heterocycles. The van der Waals surface area contributed by atoms with Gasteiger partial charge in [0.25, 0.3) is 0 Å². The fourth-order valence-electron chi connectivity index (χ4n) is 4.81. The first-order valence-electron chi connectivity index (χ1n) is 11.5. The van der Waals surface area contributed by atoms with Crippen molar-refractivity contribution in [3.05, 3.63) is 71.3 Å². The second kappa shape index (κ2) is 11.2. The lowest BCUT2D eigenvalue weighted by Gasteiger charge is -2.17. The molecule has 31 heavy (non-hydrogen) atoms. The van der Waals surface area contributed by atoms with Gasteiger partial charge in [0.15, 0.2) is 5.78 Å². The van der Waals surface area contributed by atoms with Crippen molar-refractivity contribution in [3.8, 4) is 0 Å². The smallest absolute Gasteiger partial charge is 0.303 e. The molecule has 0 saturated carbocycles. The maximum Gasteiger partial charge on any atom is 0.303 e. The number of carbonyl (C=O) groups is 2. The second-order valence-electron chi connectivity index (χ2n) is 8.99. The molecule has 4 heteroatoms. The van der Waals surface area contributed by atoms with Gasteiger partial charge in [-0.1, -0.05) is 54.1 Å². The summed E-state index contributed by atoms with van der Waals surface area (Å²) >= 11 is 0. The van der Waals surface area contributed by atoms with E-state index in [1.54, 1.807) is 6.08 Å². The van der Waals surface area contributed by atoms with Gasteiger partial charge in [0.1, 0.15) is 0 Å². The topological polar surface area (TPSA) is 74.6 Å². The second-order valence-corrected chi connectivity index (χ2v) is 8.99. The van der Waals surface area contributed by atoms with Crippen molar-refractivity contribution < 1.29 is 19.8 Å². The highest BCUT2D eigenvalue weighted by atomic mass is 16.4. The Kier molecular flexibility index (Phi) is 8.42. The number of unbranched alkanes of at least 4 members (excludes halogenated alkanes) is 1. The molecule has 1 aromatic carbocycles. The minimum atomic E-state index is -0.777. The van der Waals surface area contributed by atoms with Crippen LogP contribution in [0.15, 0.2) is 60.2 Å². The van der Waals surface area contributed by atoms with Crippen molar-refractivity contribution in [3.63, 3.8) is 0 Å². The molecule has 0 aromatic heterocycles. The van der Waals surface area contributed by atoms with E-state index < -0.39 is 12.1 Å². The van der Waals surface area contributed by atoms with Gasteiger partial charge < -0.3 is 10.2 Å². The minimum absolute atomic E-state index is 0.0292. The highest BCUT2D eigenvalue weighted by Gasteiger charge is 2.31. The molecule has 0 saturated heterocycles. The number of aliphatic carboxylic acids is 1. The van der Waals surface area contributed by atoms with Gasteiger partial charge >= 0.3 is 5.97 Å². The monoisotopic (exact) mass is 422 g/mol. The fraction of sp³-hybridized carbons (Fsp3) is 0.481. The normalized spacial score (nSPS) is 22.4. The molecule has 2 aliphatic carbocycles. The van der Waals surface area contributed by atoms with E-state index in [-0.39, 0.29) is 24.0 Å². The van der Waals surface area contributed by atoms with E-state index in [1.165, 1.54) is 11.1 Å². The number of carboxylic acid groups (broad SMARTS) is 1. The molecule has 3 rings (SSSR count). The van der Waals surface area contributed by atoms with Crippen molar-refractivity contribution in [2.45, 2.75) is 64.4 Å². The van der Waals surface area contributed by atoms with Crippen LogP contribution < -0.4 is 0 Å². The third kappa shape index (κ3) is 6.76. The van der Waals surface area contributed by atoms with Crippen LogP contribution in [-0.2, 0) is 22.4 Å². The van der Waals surface area contributed by atoms with Crippen LogP contribution in [0.2, 0.25) is 0 Å². The van der Waals surface area contributed by atoms with Crippen molar-refractivity contribution in [1.82, 2.24) is 0 Å². The molecule has 0 heterocycles. The number of carboxylic acids is 1. The van der Waals surface area contributed by atoms with E-state index in [4.69, 9.17) is 5.11 Å². The van der Waals surface area contributed by atoms with Crippen LogP contribution in [0.3, 0.4) is 0 Å². The summed E-state index contributed by atoms with van der Waals surface area (Å²) in [6, 6.07) is 8.61. The summed E-state index contributed by atoms with van der Waals surface area (Å²) in [5, 5.41) is 19.2. The number of rotatable bonds is 11. The van der Waals surface area contributed by atoms with Crippen molar-refractivity contribution in [2.24, 2.45) is 17.8 Å². The molecule has 0 spiro atoms. The van der Waals surface area contributed by atoms with E-state index in [0.717, 1.165) is 31.3 Å². The summed E-state index contributed by atoms with van der Waals surface area (Å²) in [7, 11) is 0. The Morgan fingerprint density at radius 2 is 1.90 bits per heavy atom. The number of aliphatic hydroxyl groups excluding tert-OH is 1. The van der Waals surface area contributed by atoms with Crippen molar-refractivity contribution >= 4 is 11.8 Å². The largest absolute Gasteiger partial charge is 0.481 e. The average Bonchev–Trinajstić information content (AvgIpc) is 3.27. The Labute approximate surface area is 185 Å². The minimum Gasteiger partial charge on any atom is -0.481 e. The van der Waals surface area contributed by atoms with Crippen molar-refractivity contribution in [1.29, 1.82) is 0 Å². The van der Waals surface area contributed by atoms with E-state index in [0.29, 0.717) is 25.2 Å². The molecule has 166 valence electrons. The van der Waals surface area contributed by atoms with Gasteiger partial charge in [-0.15, -0.1) is 0 Å². The lowest BCUT2D eigenvalue weighted by Crippen LogP contribution is -2.15. The third-order valence-electron chi connectivity index (χ3n) is 6.56. The lowest BCUT2D eigenvalue weighted by atomic mass is 9.87. The number of hydrogen-bond acceptors (Lipinski definition) is 3. The van der Waals surface area contributed by atoms with Gasteiger partial charge in [0.05, 0.1) is 6.10 Å². The lowest BCUT2D eigenvalue weighted by molar-refractivity contribution is -0.137. The molecular formula is C27H34O4. The summed E-state index contributed by atoms with van der Waals surface area (Å²) in [4.78, 5) is 22.9. The van der Waals surface area contributed by atoms with Crippen LogP contribution in [0, 0.1) is 17.8 Å². The zero-order valence-corrected chi connectivity index (χ0v) is 18.4. The molecule has 0 amide bonds. The van der Waals surface area contributed by atoms with E-state index in [1.807, 2.05) is 31.2 Å². The molecule has 4 nitrogen and oxygen atoms in total. The van der Waals surface area contributed by atoms with E-state index >= 15 is 0 Å². The summed E-state index contributed by atoms with van der Waals surface area (Å²) < 4.78 is 0. The SMILES string of the molecule is CC1=CC(=O)[C@H](CC=CCCCC(=O)O)[C@H]1C=CC(O)CCC1Cc2ccccc2C1. The van der Waals surface area contributed by atoms with E-state index in [9.17, 15) is 14.7 Å². The number of ketones is 1. The third-order valence-corrected chi connectivity index (χ3v) is 6.56. The summed E-state index contributed by atoms with van der Waals surface area (Å²) in [5.41, 5.74) is 3.94. The van der Waals surface area contributed by atoms with Gasteiger partial charge in [-0.3, -0.25) is 9.59 Å². The Morgan fingerprint density at radius 1 is 1.19 bits per heavy atom. The van der Waals surface area contributed by atoms with Crippen LogP contribution in [0.4, 0.5) is 0 Å².